The number of rotatable bonds is 30. The molecule has 34 heteroatoms. The second kappa shape index (κ2) is 32.7. The predicted molar refractivity (Wildman–Crippen MR) is 382 cm³/mol. The number of aromatic nitrogens is 11. The van der Waals surface area contributed by atoms with Crippen molar-refractivity contribution < 1.29 is 109 Å². The summed E-state index contributed by atoms with van der Waals surface area (Å²) in [7, 11) is 0. The second-order valence-electron chi connectivity index (χ2n) is 27.8. The molecule has 0 radical (unpaired) electrons. The normalized spacial score (nSPS) is 21.6. The molecule has 8 aromatic rings. The Labute approximate surface area is 624 Å². The molecular formula is C75H85N11O23. The van der Waals surface area contributed by atoms with E-state index in [2.05, 4.69) is 20.3 Å². The summed E-state index contributed by atoms with van der Waals surface area (Å²) in [6.07, 6.45) is -5.87. The lowest BCUT2D eigenvalue weighted by Crippen LogP contribution is -2.62. The smallest absolute Gasteiger partial charge is 0.303 e. The van der Waals surface area contributed by atoms with Crippen molar-refractivity contribution in [3.05, 3.63) is 84.7 Å². The predicted octanol–water partition coefficient (Wildman–Crippen LogP) is 7.78. The molecule has 0 aliphatic carbocycles. The maximum absolute atomic E-state index is 12.2. The molecule has 8 bridgehead atoms. The summed E-state index contributed by atoms with van der Waals surface area (Å²) in [6.45, 7) is 19.4. The van der Waals surface area contributed by atoms with Crippen LogP contribution in [0, 0.1) is 0 Å². The van der Waals surface area contributed by atoms with Crippen molar-refractivity contribution in [2.75, 3.05) is 92.5 Å². The van der Waals surface area contributed by atoms with Crippen molar-refractivity contribution in [2.24, 2.45) is 0 Å². The molecule has 10 heterocycles. The van der Waals surface area contributed by atoms with Gasteiger partial charge in [-0.05, 0) is 114 Å². The van der Waals surface area contributed by atoms with Crippen LogP contribution in [0.3, 0.4) is 0 Å². The number of benzene rings is 4. The molecule has 109 heavy (non-hydrogen) atoms. The van der Waals surface area contributed by atoms with Gasteiger partial charge in [-0.1, -0.05) is 5.21 Å². The third kappa shape index (κ3) is 18.7. The van der Waals surface area contributed by atoms with Crippen LogP contribution in [0.4, 0.5) is 0 Å². The van der Waals surface area contributed by atoms with E-state index in [0.29, 0.717) is 147 Å². The second-order valence-corrected chi connectivity index (χ2v) is 27.8. The van der Waals surface area contributed by atoms with Gasteiger partial charge in [0.1, 0.15) is 109 Å². The van der Waals surface area contributed by atoms with Crippen LogP contribution in [-0.2, 0) is 103 Å². The molecule has 3 unspecified atom stereocenters. The van der Waals surface area contributed by atoms with E-state index in [4.69, 9.17) is 120 Å². The largest absolute Gasteiger partial charge is 0.491 e. The fourth-order valence-corrected chi connectivity index (χ4v) is 13.1. The Hall–Kier alpha value is -9.98. The third-order valence-electron chi connectivity index (χ3n) is 17.9. The summed E-state index contributed by atoms with van der Waals surface area (Å²) in [5.41, 5.74) is 4.89. The minimum Gasteiger partial charge on any atom is -0.491 e. The number of aromatic amines is 2. The molecule has 0 spiro atoms. The summed E-state index contributed by atoms with van der Waals surface area (Å²) in [4.78, 5) is 86.9. The Kier molecular flexibility index (Phi) is 22.7. The van der Waals surface area contributed by atoms with E-state index < -0.39 is 78.6 Å². The summed E-state index contributed by atoms with van der Waals surface area (Å²) < 4.78 is 114. The Bertz CT molecular complexity index is 4820. The van der Waals surface area contributed by atoms with Gasteiger partial charge in [-0.15, -0.1) is 5.10 Å². The van der Waals surface area contributed by atoms with Crippen LogP contribution >= 0.6 is 0 Å². The summed E-state index contributed by atoms with van der Waals surface area (Å²) in [5, 5.41) is 11.1. The average molecular weight is 1510 g/mol. The summed E-state index contributed by atoms with van der Waals surface area (Å²) >= 11 is 0. The van der Waals surface area contributed by atoms with Gasteiger partial charge in [-0.3, -0.25) is 19.2 Å². The van der Waals surface area contributed by atoms with E-state index in [9.17, 15) is 19.2 Å². The zero-order valence-corrected chi connectivity index (χ0v) is 61.9. The van der Waals surface area contributed by atoms with Crippen LogP contribution in [0.25, 0.3) is 89.7 Å². The van der Waals surface area contributed by atoms with Gasteiger partial charge in [-0.25, -0.2) is 34.6 Å². The van der Waals surface area contributed by atoms with Gasteiger partial charge in [-0.2, -0.15) is 0 Å². The first-order valence-electron chi connectivity index (χ1n) is 35.8. The highest BCUT2D eigenvalue weighted by atomic mass is 16.8. The van der Waals surface area contributed by atoms with Crippen molar-refractivity contribution in [3.8, 4) is 68.5 Å². The van der Waals surface area contributed by atoms with Crippen molar-refractivity contribution in [3.63, 3.8) is 0 Å². The highest BCUT2D eigenvalue weighted by molar-refractivity contribution is 6.07. The average Bonchev–Trinajstić information content (AvgIpc) is 1.60. The topological polar surface area (TPSA) is 383 Å². The number of carbonyl (C=O) groups excluding carboxylic acids is 4. The number of H-pyrrole nitrogens is 2. The fourth-order valence-electron chi connectivity index (χ4n) is 13.1. The molecule has 578 valence electrons. The Morgan fingerprint density at radius 1 is 0.459 bits per heavy atom. The molecule has 6 aliphatic heterocycles. The highest BCUT2D eigenvalue weighted by Crippen LogP contribution is 2.42. The van der Waals surface area contributed by atoms with Crippen LogP contribution in [0.5, 0.6) is 23.0 Å². The molecule has 8 atom stereocenters. The lowest BCUT2D eigenvalue weighted by molar-refractivity contribution is -0.310. The number of nitrogens with zero attached hydrogens (tertiary/aromatic N) is 9. The molecule has 34 nitrogen and oxygen atoms in total. The number of hydrogen-bond donors (Lipinski definition) is 2. The van der Waals surface area contributed by atoms with Crippen LogP contribution in [0.15, 0.2) is 79.0 Å². The lowest BCUT2D eigenvalue weighted by Gasteiger charge is -2.43. The molecular weight excluding hydrogens is 1420 g/mol. The van der Waals surface area contributed by atoms with Gasteiger partial charge in [0.15, 0.2) is 65.3 Å². The van der Waals surface area contributed by atoms with Crippen molar-refractivity contribution in [1.82, 2.24) is 54.9 Å². The van der Waals surface area contributed by atoms with E-state index in [-0.39, 0.29) is 77.8 Å². The number of nitrogens with one attached hydrogen (secondary N) is 2. The van der Waals surface area contributed by atoms with Crippen molar-refractivity contribution >= 4 is 68.0 Å². The Morgan fingerprint density at radius 3 is 1.35 bits per heavy atom. The SMILES string of the molecule is CC(=O)OC[C@H]1O[C@H](OCc2cn(CCOCCOCCOCCOc3ccc4c(c3)-c3nc-4nc4[nH]c(nc5nc(nc6[nH]c(n3)c3ccc(OCC7COC(C)(C)O7)cc63)-c3ccc(OCC6COC(C)(C)O6)cc3-5)c3ccc(OCC5COC(C)(C)O5)cc43)nn2)[C@@H](OC(C)=O)[C@@H](OC(C)=O)[C@@H]1OC(C)=O. The molecule has 4 aromatic heterocycles. The summed E-state index contributed by atoms with van der Waals surface area (Å²) in [6, 6.07) is 22.8. The minimum absolute atomic E-state index is 0.201. The third-order valence-corrected chi connectivity index (χ3v) is 17.9. The number of hydrogen-bond acceptors (Lipinski definition) is 31. The molecule has 4 saturated heterocycles. The van der Waals surface area contributed by atoms with E-state index >= 15 is 0 Å². The van der Waals surface area contributed by atoms with Gasteiger partial charge in [0.25, 0.3) is 0 Å². The van der Waals surface area contributed by atoms with Crippen molar-refractivity contribution in [2.45, 2.75) is 149 Å². The zero-order valence-electron chi connectivity index (χ0n) is 61.9. The first kappa shape index (κ1) is 75.8. The fraction of sp³-hybridized carbons (Fsp3) is 0.493. The quantitative estimate of drug-likeness (QED) is 0.0246. The van der Waals surface area contributed by atoms with Crippen LogP contribution < -0.4 is 18.9 Å². The maximum atomic E-state index is 12.2. The first-order valence-corrected chi connectivity index (χ1v) is 35.8. The van der Waals surface area contributed by atoms with Gasteiger partial charge in [0.05, 0.1) is 78.8 Å². The van der Waals surface area contributed by atoms with Crippen LogP contribution in [-0.4, -0.2) is 238 Å². The molecule has 14 rings (SSSR count). The molecule has 4 fully saturated rings. The van der Waals surface area contributed by atoms with Crippen molar-refractivity contribution in [1.29, 1.82) is 0 Å². The van der Waals surface area contributed by atoms with Crippen LogP contribution in [0.1, 0.15) is 74.9 Å². The van der Waals surface area contributed by atoms with E-state index in [1.54, 1.807) is 10.9 Å². The summed E-state index contributed by atoms with van der Waals surface area (Å²) in [5.74, 6) is -1.37. The van der Waals surface area contributed by atoms with Gasteiger partial charge in [0, 0.05) is 71.5 Å². The number of esters is 4. The van der Waals surface area contributed by atoms with E-state index in [1.807, 2.05) is 114 Å². The number of carbonyl (C=O) groups is 4. The van der Waals surface area contributed by atoms with E-state index in [1.165, 1.54) is 6.92 Å². The number of fused-ring (bicyclic) bond motifs is 20. The van der Waals surface area contributed by atoms with Gasteiger partial charge < -0.3 is 100.0 Å². The van der Waals surface area contributed by atoms with Crippen LogP contribution in [0.2, 0.25) is 0 Å². The minimum atomic E-state index is -1.39. The molecule has 6 aliphatic rings. The zero-order chi connectivity index (χ0) is 76.1. The molecule has 2 N–H and O–H groups in total. The molecule has 0 saturated carbocycles. The molecule has 4 aromatic carbocycles. The Balaban J connectivity index is 0.654. The standard InChI is InChI=1S/C75H85N11O23/c1-40(87)95-39-60-61(103-41(2)88)62(104-42(3)89)63(105-43(4)90)72(106-60)99-32-44-31-86(85-84-44)19-20-91-21-22-92-23-24-93-25-26-94-45-11-15-52-56(27-45)68-76-64(52)78-69-58-29-47(97-34-50-37-101-74(7,8)108-50)13-17-54(58)66(80-69)82-71-59-30-48(98-35-51-38-102-75(9,10)109-51)14-18-55(59)67(83-71)81-70-57-28-46(12-16-53(57)65(77-68)79-70)96-33-49-36-100-73(5,6)107-49/h11-18,27-31,49-51,60-63,72H,19-26,32-39H2,1-10H3,(H2,76,77,78,79,80,81,82,83)/t49?,50?,51?,60-,61-,62+,63+,72+/m1/s1. The number of ether oxygens (including phenoxy) is 19. The lowest BCUT2D eigenvalue weighted by atomic mass is 9.98. The highest BCUT2D eigenvalue weighted by Gasteiger charge is 2.53. The van der Waals surface area contributed by atoms with E-state index in [0.717, 1.165) is 31.5 Å². The monoisotopic (exact) mass is 1510 g/mol. The molecule has 0 amide bonds. The Morgan fingerprint density at radius 2 is 0.881 bits per heavy atom. The van der Waals surface area contributed by atoms with Gasteiger partial charge >= 0.3 is 23.9 Å². The van der Waals surface area contributed by atoms with Gasteiger partial charge in [0.2, 0.25) is 0 Å². The maximum Gasteiger partial charge on any atom is 0.303 e. The first-order chi connectivity index (χ1) is 52.4.